The van der Waals surface area contributed by atoms with E-state index < -0.39 is 11.2 Å². The van der Waals surface area contributed by atoms with Gasteiger partial charge in [-0.05, 0) is 39.5 Å². The Morgan fingerprint density at radius 2 is 2.33 bits per heavy atom. The van der Waals surface area contributed by atoms with Gasteiger partial charge in [0, 0.05) is 19.4 Å². The molecule has 98 valence electrons. The van der Waals surface area contributed by atoms with Gasteiger partial charge in [-0.2, -0.15) is 0 Å². The van der Waals surface area contributed by atoms with Crippen molar-refractivity contribution >= 4 is 0 Å². The van der Waals surface area contributed by atoms with Gasteiger partial charge in [0.1, 0.15) is 5.60 Å². The van der Waals surface area contributed by atoms with Crippen LogP contribution in [0.25, 0.3) is 0 Å². The van der Waals surface area contributed by atoms with Crippen molar-refractivity contribution in [3.8, 4) is 11.8 Å². The summed E-state index contributed by atoms with van der Waals surface area (Å²) in [6.45, 7) is 5.51. The first-order valence-corrected chi connectivity index (χ1v) is 6.21. The van der Waals surface area contributed by atoms with Crippen LogP contribution in [0.2, 0.25) is 0 Å². The van der Waals surface area contributed by atoms with Crippen LogP contribution in [0.15, 0.2) is 12.4 Å². The van der Waals surface area contributed by atoms with Crippen molar-refractivity contribution in [1.82, 2.24) is 9.55 Å². The Hall–Kier alpha value is -1.31. The van der Waals surface area contributed by atoms with E-state index >= 15 is 0 Å². The van der Waals surface area contributed by atoms with E-state index in [1.165, 1.54) is 0 Å². The second-order valence-corrected chi connectivity index (χ2v) is 5.64. The summed E-state index contributed by atoms with van der Waals surface area (Å²) in [5.74, 6) is 6.91. The first kappa shape index (κ1) is 13.1. The van der Waals surface area contributed by atoms with E-state index in [0.717, 1.165) is 18.7 Å². The summed E-state index contributed by atoms with van der Waals surface area (Å²) in [7, 11) is 1.91. The molecule has 0 radical (unpaired) electrons. The molecule has 0 spiro atoms. The Balaban J connectivity index is 2.12. The van der Waals surface area contributed by atoms with E-state index in [4.69, 9.17) is 4.74 Å². The molecule has 18 heavy (non-hydrogen) atoms. The Labute approximate surface area is 108 Å². The quantitative estimate of drug-likeness (QED) is 0.766. The molecule has 2 heterocycles. The van der Waals surface area contributed by atoms with Gasteiger partial charge in [-0.1, -0.05) is 5.92 Å². The number of nitrogens with zero attached hydrogens (tertiary/aromatic N) is 2. The van der Waals surface area contributed by atoms with Gasteiger partial charge in [-0.3, -0.25) is 0 Å². The zero-order valence-electron chi connectivity index (χ0n) is 11.4. The number of ether oxygens (including phenoxy) is 1. The Kier molecular flexibility index (Phi) is 3.22. The standard InChI is InChI=1S/C14H20N2O2/c1-13(2,17)11-5-7-14(3,18-11)8-6-12-15-9-10-16(12)4/h9-11,17H,5,7H2,1-4H3. The van der Waals surface area contributed by atoms with Gasteiger partial charge in [0.2, 0.25) is 0 Å². The predicted molar refractivity (Wildman–Crippen MR) is 68.9 cm³/mol. The van der Waals surface area contributed by atoms with Gasteiger partial charge in [-0.25, -0.2) is 4.98 Å². The zero-order chi connectivity index (χ0) is 13.4. The molecule has 0 saturated carbocycles. The third-order valence-corrected chi connectivity index (χ3v) is 3.33. The van der Waals surface area contributed by atoms with Gasteiger partial charge in [0.05, 0.1) is 11.7 Å². The smallest absolute Gasteiger partial charge is 0.185 e. The van der Waals surface area contributed by atoms with Crippen LogP contribution < -0.4 is 0 Å². The molecule has 0 aliphatic carbocycles. The zero-order valence-corrected chi connectivity index (χ0v) is 11.4. The molecule has 1 aromatic heterocycles. The van der Waals surface area contributed by atoms with E-state index in [1.807, 2.05) is 24.7 Å². The molecule has 1 saturated heterocycles. The molecule has 4 heteroatoms. The SMILES string of the molecule is Cn1ccnc1C#CC1(C)CCC(C(C)(C)O)O1. The van der Waals surface area contributed by atoms with Crippen molar-refractivity contribution in [3.05, 3.63) is 18.2 Å². The van der Waals surface area contributed by atoms with E-state index in [9.17, 15) is 5.11 Å². The summed E-state index contributed by atoms with van der Waals surface area (Å²) < 4.78 is 7.76. The summed E-state index contributed by atoms with van der Waals surface area (Å²) in [5.41, 5.74) is -1.31. The van der Waals surface area contributed by atoms with Crippen molar-refractivity contribution in [3.63, 3.8) is 0 Å². The lowest BCUT2D eigenvalue weighted by Crippen LogP contribution is -2.37. The molecule has 2 atom stereocenters. The van der Waals surface area contributed by atoms with E-state index in [2.05, 4.69) is 16.8 Å². The molecule has 0 amide bonds. The van der Waals surface area contributed by atoms with Crippen molar-refractivity contribution in [2.45, 2.75) is 50.9 Å². The topological polar surface area (TPSA) is 47.3 Å². The van der Waals surface area contributed by atoms with Crippen LogP contribution in [0.4, 0.5) is 0 Å². The van der Waals surface area contributed by atoms with E-state index in [0.29, 0.717) is 0 Å². The lowest BCUT2D eigenvalue weighted by molar-refractivity contribution is -0.0970. The lowest BCUT2D eigenvalue weighted by atomic mass is 9.97. The average molecular weight is 248 g/mol. The second-order valence-electron chi connectivity index (χ2n) is 5.64. The van der Waals surface area contributed by atoms with Crippen molar-refractivity contribution in [2.24, 2.45) is 7.05 Å². The summed E-state index contributed by atoms with van der Waals surface area (Å²) in [5, 5.41) is 9.96. The Bertz CT molecular complexity index is 490. The summed E-state index contributed by atoms with van der Waals surface area (Å²) in [6, 6.07) is 0. The predicted octanol–water partition coefficient (Wildman–Crippen LogP) is 1.48. The highest BCUT2D eigenvalue weighted by atomic mass is 16.5. The van der Waals surface area contributed by atoms with Crippen LogP contribution in [-0.2, 0) is 11.8 Å². The maximum atomic E-state index is 9.96. The largest absolute Gasteiger partial charge is 0.388 e. The minimum absolute atomic E-state index is 0.154. The van der Waals surface area contributed by atoms with Crippen LogP contribution in [0.5, 0.6) is 0 Å². The molecule has 2 rings (SSSR count). The molecule has 0 bridgehead atoms. The highest BCUT2D eigenvalue weighted by Crippen LogP contribution is 2.34. The third-order valence-electron chi connectivity index (χ3n) is 3.33. The summed E-state index contributed by atoms with van der Waals surface area (Å²) >= 11 is 0. The van der Waals surface area contributed by atoms with Crippen LogP contribution in [-0.4, -0.2) is 32.0 Å². The fraction of sp³-hybridized carbons (Fsp3) is 0.643. The molecule has 2 unspecified atom stereocenters. The number of rotatable bonds is 1. The number of hydrogen-bond acceptors (Lipinski definition) is 3. The first-order valence-electron chi connectivity index (χ1n) is 6.21. The molecule has 1 aliphatic heterocycles. The molecule has 4 nitrogen and oxygen atoms in total. The molecule has 1 fully saturated rings. The maximum Gasteiger partial charge on any atom is 0.185 e. The second kappa shape index (κ2) is 4.42. The van der Waals surface area contributed by atoms with E-state index in [-0.39, 0.29) is 6.10 Å². The van der Waals surface area contributed by atoms with Crippen LogP contribution in [0.3, 0.4) is 0 Å². The van der Waals surface area contributed by atoms with Crippen molar-refractivity contribution in [2.75, 3.05) is 0 Å². The van der Waals surface area contributed by atoms with Crippen molar-refractivity contribution in [1.29, 1.82) is 0 Å². The molecular formula is C14H20N2O2. The number of imidazole rings is 1. The monoisotopic (exact) mass is 248 g/mol. The first-order chi connectivity index (χ1) is 8.30. The van der Waals surface area contributed by atoms with Crippen LogP contribution in [0.1, 0.15) is 39.4 Å². The average Bonchev–Trinajstić information content (AvgIpc) is 2.82. The molecule has 1 aliphatic rings. The molecular weight excluding hydrogens is 228 g/mol. The highest BCUT2D eigenvalue weighted by molar-refractivity contribution is 5.27. The molecule has 1 N–H and O–H groups in total. The molecule has 0 aromatic carbocycles. The minimum atomic E-state index is -0.817. The fourth-order valence-corrected chi connectivity index (χ4v) is 2.10. The summed E-state index contributed by atoms with van der Waals surface area (Å²) in [4.78, 5) is 4.16. The highest BCUT2D eigenvalue weighted by Gasteiger charge is 2.41. The van der Waals surface area contributed by atoms with Gasteiger partial charge in [0.25, 0.3) is 0 Å². The number of aryl methyl sites for hydroxylation is 1. The van der Waals surface area contributed by atoms with Crippen LogP contribution >= 0.6 is 0 Å². The van der Waals surface area contributed by atoms with Gasteiger partial charge < -0.3 is 14.4 Å². The normalized spacial score (nSPS) is 27.9. The maximum absolute atomic E-state index is 9.96. The number of hydrogen-bond donors (Lipinski definition) is 1. The fourth-order valence-electron chi connectivity index (χ4n) is 2.10. The summed E-state index contributed by atoms with van der Waals surface area (Å²) in [6.07, 6.45) is 5.09. The Morgan fingerprint density at radius 1 is 1.61 bits per heavy atom. The number of aromatic nitrogens is 2. The van der Waals surface area contributed by atoms with Gasteiger partial charge in [-0.15, -0.1) is 0 Å². The van der Waals surface area contributed by atoms with Crippen molar-refractivity contribution < 1.29 is 9.84 Å². The molecule has 1 aromatic rings. The van der Waals surface area contributed by atoms with Crippen LogP contribution in [0, 0.1) is 11.8 Å². The van der Waals surface area contributed by atoms with Gasteiger partial charge in [0.15, 0.2) is 5.82 Å². The van der Waals surface area contributed by atoms with E-state index in [1.54, 1.807) is 20.0 Å². The minimum Gasteiger partial charge on any atom is -0.388 e. The van der Waals surface area contributed by atoms with Gasteiger partial charge >= 0.3 is 0 Å². The lowest BCUT2D eigenvalue weighted by Gasteiger charge is -2.27. The Morgan fingerprint density at radius 3 is 2.83 bits per heavy atom. The number of aliphatic hydroxyl groups is 1. The third kappa shape index (κ3) is 2.74.